The summed E-state index contributed by atoms with van der Waals surface area (Å²) in [5, 5.41) is 2.81. The Morgan fingerprint density at radius 3 is 2.59 bits per heavy atom. The third-order valence-electron chi connectivity index (χ3n) is 3.00. The average molecular weight is 242 g/mol. The van der Waals surface area contributed by atoms with Crippen molar-refractivity contribution in [1.82, 2.24) is 10.2 Å². The van der Waals surface area contributed by atoms with Gasteiger partial charge in [-0.3, -0.25) is 9.69 Å². The van der Waals surface area contributed by atoms with Gasteiger partial charge in [0.05, 0.1) is 19.1 Å². The molecule has 1 aliphatic rings. The summed E-state index contributed by atoms with van der Waals surface area (Å²) in [4.78, 5) is 24.7. The van der Waals surface area contributed by atoms with Gasteiger partial charge in [0.25, 0.3) is 0 Å². The Labute approximate surface area is 102 Å². The quantitative estimate of drug-likeness (QED) is 0.522. The zero-order valence-electron chi connectivity index (χ0n) is 10.6. The van der Waals surface area contributed by atoms with Crippen LogP contribution in [0.1, 0.15) is 13.8 Å². The van der Waals surface area contributed by atoms with Crippen molar-refractivity contribution < 1.29 is 14.3 Å². The van der Waals surface area contributed by atoms with E-state index in [2.05, 4.69) is 10.2 Å². The number of hydrogen-bond donors (Lipinski definition) is 1. The van der Waals surface area contributed by atoms with E-state index in [1.165, 1.54) is 0 Å². The SMILES string of the molecule is CC(C)C(C=O)C(=O)NCCN1CCOCC1. The van der Waals surface area contributed by atoms with Gasteiger partial charge in [-0.15, -0.1) is 0 Å². The highest BCUT2D eigenvalue weighted by Crippen LogP contribution is 2.07. The Kier molecular flexibility index (Phi) is 6.15. The van der Waals surface area contributed by atoms with Gasteiger partial charge < -0.3 is 14.8 Å². The van der Waals surface area contributed by atoms with Crippen molar-refractivity contribution in [3.63, 3.8) is 0 Å². The largest absolute Gasteiger partial charge is 0.379 e. The molecule has 0 aromatic carbocycles. The van der Waals surface area contributed by atoms with Crippen LogP contribution in [0.3, 0.4) is 0 Å². The van der Waals surface area contributed by atoms with E-state index >= 15 is 0 Å². The molecule has 0 aromatic rings. The molecule has 1 N–H and O–H groups in total. The molecule has 0 aromatic heterocycles. The second kappa shape index (κ2) is 7.40. The summed E-state index contributed by atoms with van der Waals surface area (Å²) < 4.78 is 5.24. The molecule has 5 heteroatoms. The number of ether oxygens (including phenoxy) is 1. The van der Waals surface area contributed by atoms with Crippen molar-refractivity contribution in [2.75, 3.05) is 39.4 Å². The predicted octanol–water partition coefficient (Wildman–Crippen LogP) is -0.0941. The summed E-state index contributed by atoms with van der Waals surface area (Å²) in [6.07, 6.45) is 0.731. The maximum absolute atomic E-state index is 11.7. The van der Waals surface area contributed by atoms with E-state index in [0.717, 1.165) is 39.1 Å². The molecule has 5 nitrogen and oxygen atoms in total. The molecular weight excluding hydrogens is 220 g/mol. The number of nitrogens with one attached hydrogen (secondary N) is 1. The highest BCUT2D eigenvalue weighted by atomic mass is 16.5. The van der Waals surface area contributed by atoms with E-state index in [4.69, 9.17) is 4.74 Å². The Morgan fingerprint density at radius 1 is 1.41 bits per heavy atom. The molecule has 1 fully saturated rings. The van der Waals surface area contributed by atoms with Crippen LogP contribution in [-0.4, -0.2) is 56.5 Å². The van der Waals surface area contributed by atoms with E-state index < -0.39 is 5.92 Å². The predicted molar refractivity (Wildman–Crippen MR) is 64.7 cm³/mol. The topological polar surface area (TPSA) is 58.6 Å². The summed E-state index contributed by atoms with van der Waals surface area (Å²) in [6, 6.07) is 0. The third kappa shape index (κ3) is 4.83. The first kappa shape index (κ1) is 14.1. The third-order valence-corrected chi connectivity index (χ3v) is 3.00. The van der Waals surface area contributed by atoms with E-state index in [1.54, 1.807) is 0 Å². The van der Waals surface area contributed by atoms with Crippen LogP contribution in [0.4, 0.5) is 0 Å². The molecule has 1 heterocycles. The van der Waals surface area contributed by atoms with Crippen molar-refractivity contribution in [2.45, 2.75) is 13.8 Å². The molecule has 1 rings (SSSR count). The molecule has 0 radical (unpaired) electrons. The Balaban J connectivity index is 2.20. The summed E-state index contributed by atoms with van der Waals surface area (Å²) in [7, 11) is 0. The normalized spacial score (nSPS) is 19.0. The minimum atomic E-state index is -0.528. The van der Waals surface area contributed by atoms with Crippen LogP contribution in [-0.2, 0) is 14.3 Å². The highest BCUT2D eigenvalue weighted by Gasteiger charge is 2.21. The number of morpholine rings is 1. The van der Waals surface area contributed by atoms with Gasteiger partial charge in [-0.25, -0.2) is 0 Å². The van der Waals surface area contributed by atoms with Crippen LogP contribution < -0.4 is 5.32 Å². The lowest BCUT2D eigenvalue weighted by Gasteiger charge is -2.26. The van der Waals surface area contributed by atoms with E-state index in [1.807, 2.05) is 13.8 Å². The van der Waals surface area contributed by atoms with E-state index in [-0.39, 0.29) is 11.8 Å². The number of rotatable bonds is 6. The van der Waals surface area contributed by atoms with Crippen molar-refractivity contribution in [1.29, 1.82) is 0 Å². The lowest BCUT2D eigenvalue weighted by atomic mass is 9.97. The molecule has 0 bridgehead atoms. The Bertz CT molecular complexity index is 250. The van der Waals surface area contributed by atoms with Gasteiger partial charge in [-0.1, -0.05) is 13.8 Å². The molecule has 1 amide bonds. The minimum absolute atomic E-state index is 0.0517. The molecule has 1 aliphatic heterocycles. The maximum Gasteiger partial charge on any atom is 0.230 e. The first-order valence-corrected chi connectivity index (χ1v) is 6.18. The van der Waals surface area contributed by atoms with Gasteiger partial charge in [0.15, 0.2) is 0 Å². The molecule has 1 atom stereocenters. The van der Waals surface area contributed by atoms with Crippen molar-refractivity contribution in [3.8, 4) is 0 Å². The lowest BCUT2D eigenvalue weighted by Crippen LogP contribution is -2.43. The monoisotopic (exact) mass is 242 g/mol. The van der Waals surface area contributed by atoms with Gasteiger partial charge >= 0.3 is 0 Å². The number of aldehydes is 1. The van der Waals surface area contributed by atoms with Gasteiger partial charge in [-0.2, -0.15) is 0 Å². The second-order valence-electron chi connectivity index (χ2n) is 4.65. The summed E-state index contributed by atoms with van der Waals surface area (Å²) >= 11 is 0. The van der Waals surface area contributed by atoms with Gasteiger partial charge in [0, 0.05) is 26.2 Å². The van der Waals surface area contributed by atoms with Crippen molar-refractivity contribution in [2.24, 2.45) is 11.8 Å². The molecule has 0 spiro atoms. The maximum atomic E-state index is 11.7. The Hall–Kier alpha value is -0.940. The smallest absolute Gasteiger partial charge is 0.230 e. The van der Waals surface area contributed by atoms with Gasteiger partial charge in [-0.05, 0) is 5.92 Å². The zero-order valence-corrected chi connectivity index (χ0v) is 10.6. The van der Waals surface area contributed by atoms with Crippen molar-refractivity contribution in [3.05, 3.63) is 0 Å². The van der Waals surface area contributed by atoms with E-state index in [0.29, 0.717) is 6.54 Å². The number of carbonyl (C=O) groups is 2. The fourth-order valence-electron chi connectivity index (χ4n) is 1.80. The zero-order chi connectivity index (χ0) is 12.7. The van der Waals surface area contributed by atoms with Gasteiger partial charge in [0.2, 0.25) is 5.91 Å². The Morgan fingerprint density at radius 2 is 2.06 bits per heavy atom. The van der Waals surface area contributed by atoms with Crippen molar-refractivity contribution >= 4 is 12.2 Å². The summed E-state index contributed by atoms with van der Waals surface area (Å²) in [5.41, 5.74) is 0. The number of carbonyl (C=O) groups excluding carboxylic acids is 2. The van der Waals surface area contributed by atoms with Crippen LogP contribution in [0.15, 0.2) is 0 Å². The van der Waals surface area contributed by atoms with Crippen LogP contribution in [0.2, 0.25) is 0 Å². The first-order valence-electron chi connectivity index (χ1n) is 6.18. The summed E-state index contributed by atoms with van der Waals surface area (Å²) in [5.74, 6) is -0.640. The standard InChI is InChI=1S/C12H22N2O3/c1-10(2)11(9-15)12(16)13-3-4-14-5-7-17-8-6-14/h9-11H,3-8H2,1-2H3,(H,13,16). The number of amides is 1. The fraction of sp³-hybridized carbons (Fsp3) is 0.833. The molecule has 1 saturated heterocycles. The number of hydrogen-bond acceptors (Lipinski definition) is 4. The molecule has 1 unspecified atom stereocenters. The highest BCUT2D eigenvalue weighted by molar-refractivity contribution is 5.91. The van der Waals surface area contributed by atoms with Crippen LogP contribution >= 0.6 is 0 Å². The summed E-state index contributed by atoms with van der Waals surface area (Å²) in [6.45, 7) is 8.51. The minimum Gasteiger partial charge on any atom is -0.379 e. The molecule has 0 saturated carbocycles. The van der Waals surface area contributed by atoms with E-state index in [9.17, 15) is 9.59 Å². The molecule has 0 aliphatic carbocycles. The first-order chi connectivity index (χ1) is 8.15. The molecular formula is C12H22N2O3. The average Bonchev–Trinajstić information content (AvgIpc) is 2.30. The fourth-order valence-corrected chi connectivity index (χ4v) is 1.80. The van der Waals surface area contributed by atoms with Crippen LogP contribution in [0.25, 0.3) is 0 Å². The molecule has 17 heavy (non-hydrogen) atoms. The second-order valence-corrected chi connectivity index (χ2v) is 4.65. The number of nitrogens with zero attached hydrogens (tertiary/aromatic N) is 1. The lowest BCUT2D eigenvalue weighted by molar-refractivity contribution is -0.130. The van der Waals surface area contributed by atoms with Crippen LogP contribution in [0.5, 0.6) is 0 Å². The van der Waals surface area contributed by atoms with Gasteiger partial charge in [0.1, 0.15) is 6.29 Å². The molecule has 98 valence electrons. The van der Waals surface area contributed by atoms with Crippen LogP contribution in [0, 0.1) is 11.8 Å².